The van der Waals surface area contributed by atoms with Gasteiger partial charge < -0.3 is 37.1 Å². The van der Waals surface area contributed by atoms with Crippen molar-refractivity contribution in [1.82, 2.24) is 31.5 Å². The van der Waals surface area contributed by atoms with Crippen molar-refractivity contribution in [3.8, 4) is 0 Å². The van der Waals surface area contributed by atoms with Crippen molar-refractivity contribution < 1.29 is 38.3 Å². The van der Waals surface area contributed by atoms with E-state index in [-0.39, 0.29) is 25.2 Å². The Hall–Kier alpha value is -5.47. The molecule has 312 valence electrons. The van der Waals surface area contributed by atoms with Crippen LogP contribution in [0, 0.1) is 5.92 Å². The number of hydrogen-bond donors (Lipinski definition) is 6. The van der Waals surface area contributed by atoms with E-state index in [4.69, 9.17) is 10.5 Å². The number of likely N-dealkylation sites (tertiary alicyclic amines) is 1. The van der Waals surface area contributed by atoms with Crippen molar-refractivity contribution in [2.75, 3.05) is 13.1 Å². The van der Waals surface area contributed by atoms with Crippen LogP contribution in [-0.2, 0) is 46.3 Å². The van der Waals surface area contributed by atoms with Crippen LogP contribution in [0.4, 0.5) is 4.79 Å². The van der Waals surface area contributed by atoms with E-state index in [1.807, 2.05) is 57.2 Å². The highest BCUT2D eigenvalue weighted by Gasteiger charge is 2.38. The first kappa shape index (κ1) is 45.9. The molecule has 5 atom stereocenters. The molecule has 15 nitrogen and oxygen atoms in total. The summed E-state index contributed by atoms with van der Waals surface area (Å²) in [4.78, 5) is 94.3. The predicted octanol–water partition coefficient (Wildman–Crippen LogP) is 2.65. The predicted molar refractivity (Wildman–Crippen MR) is 215 cm³/mol. The van der Waals surface area contributed by atoms with Crippen LogP contribution in [0.25, 0.3) is 0 Å². The summed E-state index contributed by atoms with van der Waals surface area (Å²) in [5.41, 5.74) is 6.23. The summed E-state index contributed by atoms with van der Waals surface area (Å²) >= 11 is 0. The summed E-state index contributed by atoms with van der Waals surface area (Å²) in [7, 11) is 0. The lowest BCUT2D eigenvalue weighted by molar-refractivity contribution is -0.134. The number of carbonyl (C=O) groups excluding carboxylic acids is 7. The van der Waals surface area contributed by atoms with Crippen molar-refractivity contribution in [2.45, 2.75) is 129 Å². The highest BCUT2D eigenvalue weighted by atomic mass is 16.6. The Labute approximate surface area is 336 Å². The summed E-state index contributed by atoms with van der Waals surface area (Å²) < 4.78 is 5.53. The van der Waals surface area contributed by atoms with Crippen molar-refractivity contribution in [1.29, 1.82) is 0 Å². The molecule has 7 N–H and O–H groups in total. The van der Waals surface area contributed by atoms with Crippen molar-refractivity contribution in [2.24, 2.45) is 11.7 Å². The highest BCUT2D eigenvalue weighted by molar-refractivity contribution is 5.96. The van der Waals surface area contributed by atoms with Crippen molar-refractivity contribution in [3.05, 3.63) is 71.8 Å². The topological polar surface area (TPSA) is 218 Å². The van der Waals surface area contributed by atoms with Crippen LogP contribution >= 0.6 is 0 Å². The van der Waals surface area contributed by atoms with Gasteiger partial charge in [0.15, 0.2) is 0 Å². The van der Waals surface area contributed by atoms with E-state index < -0.39 is 83.9 Å². The van der Waals surface area contributed by atoms with Gasteiger partial charge in [-0.2, -0.15) is 0 Å². The third kappa shape index (κ3) is 15.9. The van der Waals surface area contributed by atoms with E-state index in [1.54, 1.807) is 45.0 Å². The molecular weight excluding hydrogens is 731 g/mol. The number of hydrogen-bond acceptors (Lipinski definition) is 8. The number of nitrogens with two attached hydrogens (primary N) is 1. The Morgan fingerprint density at radius 3 is 1.84 bits per heavy atom. The molecule has 1 fully saturated rings. The van der Waals surface area contributed by atoms with Gasteiger partial charge in [-0.3, -0.25) is 33.7 Å². The Morgan fingerprint density at radius 1 is 0.772 bits per heavy atom. The normalized spacial score (nSPS) is 16.1. The van der Waals surface area contributed by atoms with E-state index in [9.17, 15) is 33.6 Å². The van der Waals surface area contributed by atoms with Gasteiger partial charge in [0.05, 0.1) is 6.54 Å². The van der Waals surface area contributed by atoms with Crippen molar-refractivity contribution >= 4 is 41.5 Å². The molecule has 3 rings (SSSR count). The molecule has 0 spiro atoms. The molecule has 0 aliphatic carbocycles. The molecular formula is C42H61N7O8. The zero-order chi connectivity index (χ0) is 42.1. The number of ether oxygens (including phenoxy) is 1. The lowest BCUT2D eigenvalue weighted by Crippen LogP contribution is -2.58. The molecule has 1 heterocycles. The van der Waals surface area contributed by atoms with Gasteiger partial charge in [-0.15, -0.1) is 0 Å². The van der Waals surface area contributed by atoms with Crippen molar-refractivity contribution in [3.63, 3.8) is 0 Å². The summed E-state index contributed by atoms with van der Waals surface area (Å²) in [5.74, 6) is -3.72. The summed E-state index contributed by atoms with van der Waals surface area (Å²) in [6, 6.07) is 13.0. The molecule has 2 aromatic carbocycles. The Bertz CT molecular complexity index is 1670. The number of nitrogens with one attached hydrogen (secondary N) is 5. The molecule has 7 amide bonds. The van der Waals surface area contributed by atoms with E-state index in [0.29, 0.717) is 32.2 Å². The summed E-state index contributed by atoms with van der Waals surface area (Å²) in [6.07, 6.45) is 2.60. The van der Waals surface area contributed by atoms with Crippen LogP contribution in [-0.4, -0.2) is 95.3 Å². The monoisotopic (exact) mass is 791 g/mol. The van der Waals surface area contributed by atoms with Crippen LogP contribution in [0.2, 0.25) is 0 Å². The zero-order valence-electron chi connectivity index (χ0n) is 34.1. The van der Waals surface area contributed by atoms with Gasteiger partial charge in [0.25, 0.3) is 0 Å². The maximum Gasteiger partial charge on any atom is 0.410 e. The molecule has 15 heteroatoms. The first-order valence-electron chi connectivity index (χ1n) is 19.8. The van der Waals surface area contributed by atoms with E-state index >= 15 is 0 Å². The molecule has 0 bridgehead atoms. The molecule has 0 unspecified atom stereocenters. The lowest BCUT2D eigenvalue weighted by atomic mass is 10.0. The van der Waals surface area contributed by atoms with Gasteiger partial charge in [0, 0.05) is 19.4 Å². The highest BCUT2D eigenvalue weighted by Crippen LogP contribution is 2.21. The maximum atomic E-state index is 14.1. The smallest absolute Gasteiger partial charge is 0.410 e. The number of nitrogens with zero attached hydrogens (tertiary/aromatic N) is 1. The molecule has 1 aliphatic heterocycles. The number of amides is 7. The fraction of sp³-hybridized carbons (Fsp3) is 0.548. The Morgan fingerprint density at radius 2 is 1.32 bits per heavy atom. The molecule has 1 aliphatic rings. The lowest BCUT2D eigenvalue weighted by Gasteiger charge is -2.29. The second-order valence-electron chi connectivity index (χ2n) is 15.9. The molecule has 0 saturated carbocycles. The largest absolute Gasteiger partial charge is 0.444 e. The van der Waals surface area contributed by atoms with Gasteiger partial charge >= 0.3 is 6.09 Å². The van der Waals surface area contributed by atoms with Crippen LogP contribution in [0.15, 0.2) is 60.7 Å². The van der Waals surface area contributed by atoms with E-state index in [1.165, 1.54) is 4.90 Å². The SMILES string of the molecule is CCCC[C@H](NC(=O)[C@H](CC(C)C)NC(=O)CNC(=O)[C@H](Cc1ccccc1)NC(=O)[C@H](Cc1ccccc1)NC(=O)[C@@H]1CCCN1C(=O)OC(C)(C)C)C(N)=O. The minimum absolute atomic E-state index is 0.00199. The summed E-state index contributed by atoms with van der Waals surface area (Å²) in [5, 5.41) is 13.5. The van der Waals surface area contributed by atoms with Gasteiger partial charge in [-0.05, 0) is 63.5 Å². The number of primary amides is 1. The average molecular weight is 792 g/mol. The fourth-order valence-corrected chi connectivity index (χ4v) is 6.44. The van der Waals surface area contributed by atoms with Crippen LogP contribution in [0.1, 0.15) is 91.2 Å². The van der Waals surface area contributed by atoms with Crippen LogP contribution in [0.3, 0.4) is 0 Å². The van der Waals surface area contributed by atoms with E-state index in [0.717, 1.165) is 17.5 Å². The Kier molecular flexibility index (Phi) is 18.0. The molecule has 0 aromatic heterocycles. The zero-order valence-corrected chi connectivity index (χ0v) is 34.1. The molecule has 2 aromatic rings. The summed E-state index contributed by atoms with van der Waals surface area (Å²) in [6.45, 7) is 10.7. The van der Waals surface area contributed by atoms with E-state index in [2.05, 4.69) is 26.6 Å². The van der Waals surface area contributed by atoms with Gasteiger partial charge in [0.2, 0.25) is 35.4 Å². The standard InChI is InChI=1S/C42H61N7O8/c1-7-8-20-30(36(43)51)46-38(53)31(23-27(2)3)45-35(50)26-44-37(52)32(24-28-16-11-9-12-17-28)47-39(54)33(25-29-18-13-10-14-19-29)48-40(55)34-21-15-22-49(34)41(56)57-42(4,5)6/h9-14,16-19,27,30-34H,7-8,15,20-26H2,1-6H3,(H2,43,51)(H,44,52)(H,45,50)(H,46,53)(H,47,54)(H,48,55)/t30-,31-,32-,33-,34-/m0/s1. The molecule has 57 heavy (non-hydrogen) atoms. The first-order chi connectivity index (χ1) is 27.0. The second kappa shape index (κ2) is 22.3. The van der Waals surface area contributed by atoms with Crippen LogP contribution in [0.5, 0.6) is 0 Å². The minimum Gasteiger partial charge on any atom is -0.444 e. The fourth-order valence-electron chi connectivity index (χ4n) is 6.44. The number of benzene rings is 2. The maximum absolute atomic E-state index is 14.1. The molecule has 1 saturated heterocycles. The second-order valence-corrected chi connectivity index (χ2v) is 15.9. The molecule has 0 radical (unpaired) electrons. The number of carbonyl (C=O) groups is 7. The number of unbranched alkanes of at least 4 members (excludes halogenated alkanes) is 1. The Balaban J connectivity index is 1.78. The third-order valence-corrected chi connectivity index (χ3v) is 9.30. The quantitative estimate of drug-likeness (QED) is 0.117. The number of rotatable bonds is 20. The average Bonchev–Trinajstić information content (AvgIpc) is 3.65. The van der Waals surface area contributed by atoms with Gasteiger partial charge in [-0.25, -0.2) is 4.79 Å². The third-order valence-electron chi connectivity index (χ3n) is 9.30. The van der Waals surface area contributed by atoms with Crippen LogP contribution < -0.4 is 32.3 Å². The van der Waals surface area contributed by atoms with Gasteiger partial charge in [0.1, 0.15) is 35.8 Å². The minimum atomic E-state index is -1.17. The first-order valence-corrected chi connectivity index (χ1v) is 19.8. The van der Waals surface area contributed by atoms with Gasteiger partial charge in [-0.1, -0.05) is 94.3 Å².